The second-order valence-corrected chi connectivity index (χ2v) is 8.53. The lowest BCUT2D eigenvalue weighted by Gasteiger charge is -2.44. The van der Waals surface area contributed by atoms with Gasteiger partial charge in [-0.1, -0.05) is 26.8 Å². The van der Waals surface area contributed by atoms with Crippen LogP contribution in [0.4, 0.5) is 0 Å². The molecule has 0 amide bonds. The maximum atomic E-state index is 11.4. The number of aliphatic hydroxyl groups is 2. The van der Waals surface area contributed by atoms with Crippen LogP contribution < -0.4 is 0 Å². The van der Waals surface area contributed by atoms with Gasteiger partial charge in [0.15, 0.2) is 5.78 Å². The van der Waals surface area contributed by atoms with Crippen molar-refractivity contribution in [2.75, 3.05) is 6.61 Å². The lowest BCUT2D eigenvalue weighted by Crippen LogP contribution is -2.42. The van der Waals surface area contributed by atoms with E-state index in [1.165, 1.54) is 19.8 Å². The predicted molar refractivity (Wildman–Crippen MR) is 99.1 cm³/mol. The molecule has 2 fully saturated rings. The van der Waals surface area contributed by atoms with E-state index in [1.54, 1.807) is 0 Å². The number of hydrogen-bond donors (Lipinski definition) is 2. The Bertz CT molecular complexity index is 475. The Morgan fingerprint density at radius 3 is 2.48 bits per heavy atom. The molecule has 144 valence electrons. The first kappa shape index (κ1) is 20.6. The summed E-state index contributed by atoms with van der Waals surface area (Å²) in [5.74, 6) is 2.11. The Balaban J connectivity index is 2.04. The summed E-state index contributed by atoms with van der Waals surface area (Å²) in [5, 5.41) is 20.9. The van der Waals surface area contributed by atoms with Gasteiger partial charge in [-0.15, -0.1) is 0 Å². The van der Waals surface area contributed by atoms with Crippen LogP contribution in [0.25, 0.3) is 0 Å². The summed E-state index contributed by atoms with van der Waals surface area (Å²) in [5.41, 5.74) is 0.188. The van der Waals surface area contributed by atoms with E-state index in [2.05, 4.69) is 27.4 Å². The highest BCUT2D eigenvalue weighted by Crippen LogP contribution is 2.47. The van der Waals surface area contributed by atoms with Crippen molar-refractivity contribution in [2.24, 2.45) is 29.6 Å². The van der Waals surface area contributed by atoms with Crippen LogP contribution in [-0.4, -0.2) is 40.9 Å². The molecule has 0 aromatic carbocycles. The van der Waals surface area contributed by atoms with E-state index in [4.69, 9.17) is 4.74 Å². The SMILES string of the molecule is C=C(C(C)=O)[C@H](O)CC(O)C(C)C1CC[C@@H](C)C2CCC(C)OCC12. The molecule has 0 aromatic heterocycles. The molecule has 2 aliphatic rings. The number of hydrogen-bond acceptors (Lipinski definition) is 4. The largest absolute Gasteiger partial charge is 0.393 e. The van der Waals surface area contributed by atoms with Gasteiger partial charge in [0, 0.05) is 12.0 Å². The van der Waals surface area contributed by atoms with Crippen molar-refractivity contribution in [1.82, 2.24) is 0 Å². The minimum atomic E-state index is -0.960. The maximum Gasteiger partial charge on any atom is 0.157 e. The van der Waals surface area contributed by atoms with Crippen LogP contribution >= 0.6 is 0 Å². The fourth-order valence-electron chi connectivity index (χ4n) is 4.91. The predicted octanol–water partition coefficient (Wildman–Crippen LogP) is 3.36. The van der Waals surface area contributed by atoms with E-state index >= 15 is 0 Å². The van der Waals surface area contributed by atoms with Crippen LogP contribution in [0.5, 0.6) is 0 Å². The molecular formula is C21H36O4. The van der Waals surface area contributed by atoms with Crippen molar-refractivity contribution in [3.8, 4) is 0 Å². The fraction of sp³-hybridized carbons (Fsp3) is 0.857. The second kappa shape index (κ2) is 8.79. The minimum Gasteiger partial charge on any atom is -0.393 e. The van der Waals surface area contributed by atoms with E-state index in [-0.39, 0.29) is 23.7 Å². The standard InChI is InChI=1S/C21H36O4/c1-12-6-8-18(19-11-25-13(2)7-9-17(12)19)15(4)21(24)10-20(23)14(3)16(5)22/h12-13,15,17-21,23-24H,3,6-11H2,1-2,4-5H3/t12-,13?,15?,17?,18?,19?,20-,21?/m1/s1. The Morgan fingerprint density at radius 2 is 1.84 bits per heavy atom. The van der Waals surface area contributed by atoms with Gasteiger partial charge in [0.25, 0.3) is 0 Å². The van der Waals surface area contributed by atoms with Gasteiger partial charge in [-0.3, -0.25) is 4.79 Å². The van der Waals surface area contributed by atoms with Gasteiger partial charge in [0.1, 0.15) is 0 Å². The molecule has 1 aliphatic carbocycles. The summed E-state index contributed by atoms with van der Waals surface area (Å²) in [6.45, 7) is 12.4. The summed E-state index contributed by atoms with van der Waals surface area (Å²) in [6.07, 6.45) is 3.52. The minimum absolute atomic E-state index is 0.0754. The number of rotatable bonds is 6. The smallest absolute Gasteiger partial charge is 0.157 e. The summed E-state index contributed by atoms with van der Waals surface area (Å²) in [6, 6.07) is 0. The van der Waals surface area contributed by atoms with Crippen LogP contribution in [0.3, 0.4) is 0 Å². The summed E-state index contributed by atoms with van der Waals surface area (Å²) >= 11 is 0. The molecule has 2 rings (SSSR count). The average molecular weight is 353 g/mol. The van der Waals surface area contributed by atoms with Gasteiger partial charge in [0.2, 0.25) is 0 Å². The summed E-state index contributed by atoms with van der Waals surface area (Å²) in [7, 11) is 0. The van der Waals surface area contributed by atoms with Gasteiger partial charge in [-0.05, 0) is 62.7 Å². The number of carbonyl (C=O) groups is 1. The zero-order valence-corrected chi connectivity index (χ0v) is 16.3. The quantitative estimate of drug-likeness (QED) is 0.719. The molecule has 25 heavy (non-hydrogen) atoms. The topological polar surface area (TPSA) is 66.8 Å². The molecule has 0 spiro atoms. The molecular weight excluding hydrogens is 316 g/mol. The van der Waals surface area contributed by atoms with Crippen LogP contribution in [0.2, 0.25) is 0 Å². The summed E-state index contributed by atoms with van der Waals surface area (Å²) < 4.78 is 6.04. The van der Waals surface area contributed by atoms with Crippen molar-refractivity contribution < 1.29 is 19.7 Å². The molecule has 8 atom stereocenters. The molecule has 4 nitrogen and oxygen atoms in total. The molecule has 1 saturated carbocycles. The van der Waals surface area contributed by atoms with Crippen molar-refractivity contribution in [1.29, 1.82) is 0 Å². The van der Waals surface area contributed by atoms with Gasteiger partial charge in [0.05, 0.1) is 24.9 Å². The molecule has 2 N–H and O–H groups in total. The first-order valence-electron chi connectivity index (χ1n) is 9.89. The molecule has 0 aromatic rings. The third-order valence-corrected chi connectivity index (χ3v) is 6.87. The number of Topliss-reactive ketones (excluding diaryl/α,β-unsaturated/α-hetero) is 1. The third-order valence-electron chi connectivity index (χ3n) is 6.87. The van der Waals surface area contributed by atoms with Gasteiger partial charge in [-0.25, -0.2) is 0 Å². The van der Waals surface area contributed by atoms with Crippen LogP contribution in [0.1, 0.15) is 59.8 Å². The number of fused-ring (bicyclic) bond motifs is 1. The number of ether oxygens (including phenoxy) is 1. The highest BCUT2D eigenvalue weighted by molar-refractivity contribution is 5.93. The van der Waals surface area contributed by atoms with Crippen LogP contribution in [0.15, 0.2) is 12.2 Å². The van der Waals surface area contributed by atoms with Crippen LogP contribution in [-0.2, 0) is 9.53 Å². The molecule has 6 unspecified atom stereocenters. The first-order chi connectivity index (χ1) is 11.7. The average Bonchev–Trinajstić information content (AvgIpc) is 2.76. The molecule has 4 heteroatoms. The van der Waals surface area contributed by atoms with E-state index in [0.29, 0.717) is 29.8 Å². The van der Waals surface area contributed by atoms with Crippen molar-refractivity contribution >= 4 is 5.78 Å². The Labute approximate surface area is 152 Å². The second-order valence-electron chi connectivity index (χ2n) is 8.53. The van der Waals surface area contributed by atoms with E-state index < -0.39 is 12.2 Å². The first-order valence-corrected chi connectivity index (χ1v) is 9.89. The Morgan fingerprint density at radius 1 is 1.16 bits per heavy atom. The maximum absolute atomic E-state index is 11.4. The highest BCUT2D eigenvalue weighted by Gasteiger charge is 2.42. The Kier molecular flexibility index (Phi) is 7.24. The van der Waals surface area contributed by atoms with Crippen molar-refractivity contribution in [3.63, 3.8) is 0 Å². The highest BCUT2D eigenvalue weighted by atomic mass is 16.5. The number of carbonyl (C=O) groups excluding carboxylic acids is 1. The summed E-state index contributed by atoms with van der Waals surface area (Å²) in [4.78, 5) is 11.4. The number of ketones is 1. The molecule has 1 aliphatic heterocycles. The Hall–Kier alpha value is -0.710. The van der Waals surface area contributed by atoms with E-state index in [0.717, 1.165) is 19.4 Å². The zero-order chi connectivity index (χ0) is 18.7. The van der Waals surface area contributed by atoms with Crippen molar-refractivity contribution in [3.05, 3.63) is 12.2 Å². The molecule has 0 radical (unpaired) electrons. The fourth-order valence-corrected chi connectivity index (χ4v) is 4.91. The lowest BCUT2D eigenvalue weighted by molar-refractivity contribution is -0.114. The molecule has 1 saturated heterocycles. The van der Waals surface area contributed by atoms with Crippen LogP contribution in [0, 0.1) is 29.6 Å². The van der Waals surface area contributed by atoms with Gasteiger partial charge in [-0.2, -0.15) is 0 Å². The zero-order valence-electron chi connectivity index (χ0n) is 16.3. The monoisotopic (exact) mass is 352 g/mol. The third kappa shape index (κ3) is 4.93. The van der Waals surface area contributed by atoms with Gasteiger partial charge < -0.3 is 14.9 Å². The lowest BCUT2D eigenvalue weighted by atomic mass is 9.62. The molecule has 1 heterocycles. The van der Waals surface area contributed by atoms with Crippen molar-refractivity contribution in [2.45, 2.75) is 78.1 Å². The van der Waals surface area contributed by atoms with Gasteiger partial charge >= 0.3 is 0 Å². The van der Waals surface area contributed by atoms with E-state index in [1.807, 2.05) is 0 Å². The normalized spacial score (nSPS) is 36.6. The number of aliphatic hydroxyl groups excluding tert-OH is 2. The molecule has 0 bridgehead atoms. The van der Waals surface area contributed by atoms with E-state index in [9.17, 15) is 15.0 Å².